The highest BCUT2D eigenvalue weighted by molar-refractivity contribution is 5.93. The molecule has 0 aliphatic heterocycles. The number of amides is 1. The molecule has 0 saturated carbocycles. The molecule has 20 heavy (non-hydrogen) atoms. The Morgan fingerprint density at radius 1 is 1.25 bits per heavy atom. The molecule has 1 N–H and O–H groups in total. The van der Waals surface area contributed by atoms with Crippen molar-refractivity contribution in [2.24, 2.45) is 0 Å². The minimum atomic E-state index is -0.204. The van der Waals surface area contributed by atoms with E-state index in [0.29, 0.717) is 24.1 Å². The van der Waals surface area contributed by atoms with Gasteiger partial charge in [0.2, 0.25) is 0 Å². The molecule has 106 valence electrons. The molecule has 1 aromatic carbocycles. The molecule has 5 heteroatoms. The summed E-state index contributed by atoms with van der Waals surface area (Å²) in [4.78, 5) is 15.6. The first-order valence-corrected chi connectivity index (χ1v) is 6.10. The molecular formula is C15H16ClFN2O. The minimum Gasteiger partial charge on any atom is -0.352 e. The van der Waals surface area contributed by atoms with Crippen LogP contribution < -0.4 is 5.32 Å². The van der Waals surface area contributed by atoms with Gasteiger partial charge in [0.1, 0.15) is 5.82 Å². The first-order valence-electron chi connectivity index (χ1n) is 6.10. The third kappa shape index (κ3) is 4.31. The van der Waals surface area contributed by atoms with E-state index in [1.807, 2.05) is 0 Å². The number of carbonyl (C=O) groups excluding carboxylic acids is 1. The molecule has 0 aliphatic carbocycles. The zero-order valence-corrected chi connectivity index (χ0v) is 11.9. The van der Waals surface area contributed by atoms with Crippen molar-refractivity contribution in [1.29, 1.82) is 0 Å². The fraction of sp³-hybridized carbons (Fsp3) is 0.200. The number of rotatable bonds is 4. The lowest BCUT2D eigenvalue weighted by Gasteiger charge is -2.06. The average molecular weight is 295 g/mol. The summed E-state index contributed by atoms with van der Waals surface area (Å²) in [6, 6.07) is 8.32. The topological polar surface area (TPSA) is 42.0 Å². The van der Waals surface area contributed by atoms with Gasteiger partial charge in [0.15, 0.2) is 0 Å². The van der Waals surface area contributed by atoms with Gasteiger partial charge in [0.25, 0.3) is 5.91 Å². The molecule has 2 rings (SSSR count). The lowest BCUT2D eigenvalue weighted by atomic mass is 10.1. The van der Waals surface area contributed by atoms with Crippen LogP contribution in [-0.4, -0.2) is 17.4 Å². The Balaban J connectivity index is 0.00000200. The van der Waals surface area contributed by atoms with E-state index in [9.17, 15) is 9.18 Å². The highest BCUT2D eigenvalue weighted by atomic mass is 35.5. The summed E-state index contributed by atoms with van der Waals surface area (Å²) in [5, 5.41) is 2.82. The van der Waals surface area contributed by atoms with Crippen molar-refractivity contribution in [2.45, 2.75) is 13.3 Å². The fourth-order valence-electron chi connectivity index (χ4n) is 1.79. The molecule has 0 saturated heterocycles. The van der Waals surface area contributed by atoms with Crippen LogP contribution in [0.2, 0.25) is 0 Å². The maximum atomic E-state index is 13.1. The number of benzene rings is 1. The molecule has 0 spiro atoms. The first-order chi connectivity index (χ1) is 9.16. The fourth-order valence-corrected chi connectivity index (χ4v) is 1.79. The zero-order valence-electron chi connectivity index (χ0n) is 11.1. The van der Waals surface area contributed by atoms with Crippen LogP contribution in [0.15, 0.2) is 42.7 Å². The number of pyridine rings is 1. The van der Waals surface area contributed by atoms with E-state index >= 15 is 0 Å². The lowest BCUT2D eigenvalue weighted by molar-refractivity contribution is 0.0954. The van der Waals surface area contributed by atoms with E-state index in [0.717, 1.165) is 5.56 Å². The number of nitrogens with one attached hydrogen (secondary N) is 1. The maximum absolute atomic E-state index is 13.1. The molecule has 1 aromatic heterocycles. The normalized spacial score (nSPS) is 9.70. The predicted octanol–water partition coefficient (Wildman–Crippen LogP) is 2.92. The molecule has 0 radical (unpaired) electrons. The Hall–Kier alpha value is -1.94. The average Bonchev–Trinajstić information content (AvgIpc) is 2.43. The summed E-state index contributed by atoms with van der Waals surface area (Å²) in [5.74, 6) is -0.328. The Morgan fingerprint density at radius 3 is 2.60 bits per heavy atom. The van der Waals surface area contributed by atoms with Gasteiger partial charge in [-0.1, -0.05) is 12.1 Å². The molecule has 1 heterocycles. The van der Waals surface area contributed by atoms with Crippen molar-refractivity contribution in [3.05, 3.63) is 65.2 Å². The number of carbonyl (C=O) groups is 1. The van der Waals surface area contributed by atoms with Crippen molar-refractivity contribution >= 4 is 18.3 Å². The van der Waals surface area contributed by atoms with E-state index in [4.69, 9.17) is 0 Å². The molecule has 0 aliphatic rings. The summed E-state index contributed by atoms with van der Waals surface area (Å²) in [7, 11) is 0. The van der Waals surface area contributed by atoms with Crippen LogP contribution in [0.1, 0.15) is 21.5 Å². The third-order valence-corrected chi connectivity index (χ3v) is 2.86. The summed E-state index contributed by atoms with van der Waals surface area (Å²) in [6.45, 7) is 2.25. The molecule has 0 fully saturated rings. The van der Waals surface area contributed by atoms with Crippen molar-refractivity contribution in [2.75, 3.05) is 6.54 Å². The number of hydrogen-bond acceptors (Lipinski definition) is 2. The highest BCUT2D eigenvalue weighted by Crippen LogP contribution is 2.09. The Kier molecular flexibility index (Phi) is 6.12. The molecule has 0 atom stereocenters. The van der Waals surface area contributed by atoms with E-state index in [1.54, 1.807) is 43.6 Å². The Morgan fingerprint density at radius 2 is 1.95 bits per heavy atom. The van der Waals surface area contributed by atoms with E-state index in [1.165, 1.54) is 6.07 Å². The smallest absolute Gasteiger partial charge is 0.251 e. The van der Waals surface area contributed by atoms with Crippen LogP contribution in [0.4, 0.5) is 4.39 Å². The summed E-state index contributed by atoms with van der Waals surface area (Å²) in [5.41, 5.74) is 2.22. The van der Waals surface area contributed by atoms with Crippen molar-refractivity contribution in [3.8, 4) is 0 Å². The summed E-state index contributed by atoms with van der Waals surface area (Å²) >= 11 is 0. The van der Waals surface area contributed by atoms with Gasteiger partial charge in [-0.25, -0.2) is 4.39 Å². The second-order valence-electron chi connectivity index (χ2n) is 4.33. The first kappa shape index (κ1) is 16.1. The van der Waals surface area contributed by atoms with E-state index < -0.39 is 0 Å². The number of hydrogen-bond donors (Lipinski definition) is 1. The third-order valence-electron chi connectivity index (χ3n) is 2.86. The number of aromatic nitrogens is 1. The predicted molar refractivity (Wildman–Crippen MR) is 78.7 cm³/mol. The van der Waals surface area contributed by atoms with Gasteiger partial charge < -0.3 is 5.32 Å². The monoisotopic (exact) mass is 294 g/mol. The SMILES string of the molecule is Cc1cc(CCNC(=O)c2ccncc2)ccc1F.Cl. The number of aryl methyl sites for hydroxylation is 1. The second kappa shape index (κ2) is 7.60. The molecule has 0 unspecified atom stereocenters. The highest BCUT2D eigenvalue weighted by Gasteiger charge is 2.04. The quantitative estimate of drug-likeness (QED) is 0.942. The van der Waals surface area contributed by atoms with Crippen LogP contribution in [0.3, 0.4) is 0 Å². The van der Waals surface area contributed by atoms with Gasteiger partial charge in [-0.15, -0.1) is 12.4 Å². The molecule has 2 aromatic rings. The summed E-state index contributed by atoms with van der Waals surface area (Å²) < 4.78 is 13.1. The van der Waals surface area contributed by atoms with Gasteiger partial charge in [-0.2, -0.15) is 0 Å². The molecule has 0 bridgehead atoms. The van der Waals surface area contributed by atoms with Crippen LogP contribution in [0.5, 0.6) is 0 Å². The van der Waals surface area contributed by atoms with Gasteiger partial charge in [0, 0.05) is 24.5 Å². The van der Waals surface area contributed by atoms with Gasteiger partial charge in [-0.05, 0) is 42.7 Å². The molecular weight excluding hydrogens is 279 g/mol. The maximum Gasteiger partial charge on any atom is 0.251 e. The Labute approximate surface area is 123 Å². The van der Waals surface area contributed by atoms with Crippen LogP contribution in [-0.2, 0) is 6.42 Å². The van der Waals surface area contributed by atoms with Gasteiger partial charge >= 0.3 is 0 Å². The standard InChI is InChI=1S/C15H15FN2O.ClH/c1-11-10-12(2-3-14(11)16)4-9-18-15(19)13-5-7-17-8-6-13;/h2-3,5-8,10H,4,9H2,1H3,(H,18,19);1H. The Bertz CT molecular complexity index is 575. The van der Waals surface area contributed by atoms with Crippen LogP contribution in [0, 0.1) is 12.7 Å². The molecule has 3 nitrogen and oxygen atoms in total. The summed E-state index contributed by atoms with van der Waals surface area (Å²) in [6.07, 6.45) is 3.84. The minimum absolute atomic E-state index is 0. The van der Waals surface area contributed by atoms with Gasteiger partial charge in [-0.3, -0.25) is 9.78 Å². The van der Waals surface area contributed by atoms with Crippen molar-refractivity contribution in [1.82, 2.24) is 10.3 Å². The largest absolute Gasteiger partial charge is 0.352 e. The van der Waals surface area contributed by atoms with Gasteiger partial charge in [0.05, 0.1) is 0 Å². The molecule has 1 amide bonds. The van der Waals surface area contributed by atoms with Crippen LogP contribution in [0.25, 0.3) is 0 Å². The van der Waals surface area contributed by atoms with E-state index in [2.05, 4.69) is 10.3 Å². The van der Waals surface area contributed by atoms with Crippen LogP contribution >= 0.6 is 12.4 Å². The zero-order chi connectivity index (χ0) is 13.7. The van der Waals surface area contributed by atoms with Crippen molar-refractivity contribution in [3.63, 3.8) is 0 Å². The number of halogens is 2. The lowest BCUT2D eigenvalue weighted by Crippen LogP contribution is -2.25. The number of nitrogens with zero attached hydrogens (tertiary/aromatic N) is 1. The second-order valence-corrected chi connectivity index (χ2v) is 4.33. The van der Waals surface area contributed by atoms with E-state index in [-0.39, 0.29) is 24.1 Å². The van der Waals surface area contributed by atoms with Crippen molar-refractivity contribution < 1.29 is 9.18 Å².